The van der Waals surface area contributed by atoms with Gasteiger partial charge in [-0.2, -0.15) is 0 Å². The van der Waals surface area contributed by atoms with Crippen LogP contribution in [0.5, 0.6) is 0 Å². The van der Waals surface area contributed by atoms with Gasteiger partial charge in [-0.3, -0.25) is 14.7 Å². The van der Waals surface area contributed by atoms with Crippen molar-refractivity contribution < 1.29 is 0 Å². The average Bonchev–Trinajstić information content (AvgIpc) is 3.20. The van der Waals surface area contributed by atoms with Gasteiger partial charge in [-0.05, 0) is 18.1 Å². The first kappa shape index (κ1) is 19.0. The number of fused-ring (bicyclic) bond motifs is 1. The standard InChI is InChI=1S/C24H24N4OS/c1-17-7-9-19(10-8-17)20-16-30-22-21(20)25-24(26-23(22)29)28-13-11-27(12-14-28)15-18-5-3-2-4-6-18/h2-10,16H,11-15H2,1H3,(H,25,26,29). The summed E-state index contributed by atoms with van der Waals surface area (Å²) in [7, 11) is 0. The number of piperazine rings is 1. The maximum Gasteiger partial charge on any atom is 0.270 e. The van der Waals surface area contributed by atoms with Gasteiger partial charge in [-0.1, -0.05) is 60.2 Å². The summed E-state index contributed by atoms with van der Waals surface area (Å²) in [6.45, 7) is 6.64. The topological polar surface area (TPSA) is 52.2 Å². The van der Waals surface area contributed by atoms with E-state index >= 15 is 0 Å². The van der Waals surface area contributed by atoms with Crippen LogP contribution in [0.4, 0.5) is 5.95 Å². The average molecular weight is 417 g/mol. The highest BCUT2D eigenvalue weighted by molar-refractivity contribution is 7.17. The number of aromatic amines is 1. The molecule has 1 fully saturated rings. The van der Waals surface area contributed by atoms with Gasteiger partial charge in [0.1, 0.15) is 4.70 Å². The summed E-state index contributed by atoms with van der Waals surface area (Å²) in [6.07, 6.45) is 0. The van der Waals surface area contributed by atoms with Crippen LogP contribution in [0.25, 0.3) is 21.3 Å². The quantitative estimate of drug-likeness (QED) is 0.539. The van der Waals surface area contributed by atoms with E-state index in [1.165, 1.54) is 22.5 Å². The summed E-state index contributed by atoms with van der Waals surface area (Å²) < 4.78 is 0.692. The molecule has 5 rings (SSSR count). The number of nitrogens with one attached hydrogen (secondary N) is 1. The highest BCUT2D eigenvalue weighted by Gasteiger charge is 2.21. The number of hydrogen-bond donors (Lipinski definition) is 1. The molecule has 3 heterocycles. The monoisotopic (exact) mass is 416 g/mol. The van der Waals surface area contributed by atoms with Crippen molar-refractivity contribution in [3.8, 4) is 11.1 Å². The van der Waals surface area contributed by atoms with Crippen LogP contribution in [0.2, 0.25) is 0 Å². The molecule has 0 saturated carbocycles. The van der Waals surface area contributed by atoms with Crippen molar-refractivity contribution in [2.45, 2.75) is 13.5 Å². The van der Waals surface area contributed by atoms with Gasteiger partial charge >= 0.3 is 0 Å². The molecule has 0 radical (unpaired) electrons. The predicted molar refractivity (Wildman–Crippen MR) is 124 cm³/mol. The molecule has 1 N–H and O–H groups in total. The van der Waals surface area contributed by atoms with E-state index in [0.29, 0.717) is 10.6 Å². The molecule has 6 heteroatoms. The molecule has 1 aliphatic rings. The fourth-order valence-electron chi connectivity index (χ4n) is 3.96. The van der Waals surface area contributed by atoms with E-state index in [2.05, 4.69) is 76.3 Å². The Labute approximate surface area is 179 Å². The van der Waals surface area contributed by atoms with Crippen LogP contribution in [0.1, 0.15) is 11.1 Å². The van der Waals surface area contributed by atoms with Crippen molar-refractivity contribution in [2.75, 3.05) is 31.1 Å². The smallest absolute Gasteiger partial charge is 0.270 e. The molecule has 5 nitrogen and oxygen atoms in total. The van der Waals surface area contributed by atoms with Crippen LogP contribution >= 0.6 is 11.3 Å². The number of anilines is 1. The van der Waals surface area contributed by atoms with E-state index in [0.717, 1.165) is 49.4 Å². The second-order valence-corrected chi connectivity index (χ2v) is 8.71. The first-order chi connectivity index (χ1) is 14.7. The number of nitrogens with zero attached hydrogens (tertiary/aromatic N) is 3. The second kappa shape index (κ2) is 8.05. The van der Waals surface area contributed by atoms with Crippen LogP contribution in [0.15, 0.2) is 64.8 Å². The molecule has 0 aliphatic carbocycles. The molecule has 0 amide bonds. The largest absolute Gasteiger partial charge is 0.340 e. The minimum absolute atomic E-state index is 0.0509. The molecular weight excluding hydrogens is 392 g/mol. The Morgan fingerprint density at radius 2 is 1.73 bits per heavy atom. The molecule has 4 aromatic rings. The van der Waals surface area contributed by atoms with Crippen molar-refractivity contribution in [1.29, 1.82) is 0 Å². The highest BCUT2D eigenvalue weighted by Crippen LogP contribution is 2.32. The number of aryl methyl sites for hydroxylation is 1. The van der Waals surface area contributed by atoms with Crippen molar-refractivity contribution in [3.63, 3.8) is 0 Å². The lowest BCUT2D eigenvalue weighted by Gasteiger charge is -2.35. The van der Waals surface area contributed by atoms with Crippen molar-refractivity contribution in [1.82, 2.24) is 14.9 Å². The molecule has 0 spiro atoms. The maximum absolute atomic E-state index is 12.7. The Balaban J connectivity index is 1.38. The van der Waals surface area contributed by atoms with Crippen LogP contribution in [-0.4, -0.2) is 41.0 Å². The maximum atomic E-state index is 12.7. The number of aromatic nitrogens is 2. The highest BCUT2D eigenvalue weighted by atomic mass is 32.1. The lowest BCUT2D eigenvalue weighted by atomic mass is 10.1. The number of thiophene rings is 1. The van der Waals surface area contributed by atoms with E-state index in [9.17, 15) is 4.79 Å². The van der Waals surface area contributed by atoms with Gasteiger partial charge in [0.2, 0.25) is 5.95 Å². The number of hydrogen-bond acceptors (Lipinski definition) is 5. The third-order valence-electron chi connectivity index (χ3n) is 5.70. The number of rotatable bonds is 4. The molecule has 0 unspecified atom stereocenters. The van der Waals surface area contributed by atoms with Crippen molar-refractivity contribution >= 4 is 27.5 Å². The molecule has 30 heavy (non-hydrogen) atoms. The van der Waals surface area contributed by atoms with E-state index in [1.54, 1.807) is 0 Å². The SMILES string of the molecule is Cc1ccc(-c2csc3c(=O)[nH]c(N4CCN(Cc5ccccc5)CC4)nc23)cc1. The summed E-state index contributed by atoms with van der Waals surface area (Å²) in [5.74, 6) is 0.679. The summed E-state index contributed by atoms with van der Waals surface area (Å²) in [5.41, 5.74) is 5.44. The molecule has 2 aromatic heterocycles. The summed E-state index contributed by atoms with van der Waals surface area (Å²) in [4.78, 5) is 25.3. The first-order valence-electron chi connectivity index (χ1n) is 10.3. The van der Waals surface area contributed by atoms with E-state index in [4.69, 9.17) is 4.98 Å². The predicted octanol–water partition coefficient (Wildman–Crippen LogP) is 4.28. The van der Waals surface area contributed by atoms with Crippen molar-refractivity contribution in [3.05, 3.63) is 81.5 Å². The number of H-pyrrole nitrogens is 1. The van der Waals surface area contributed by atoms with Gasteiger partial charge in [0.05, 0.1) is 5.52 Å². The van der Waals surface area contributed by atoms with Crippen molar-refractivity contribution in [2.24, 2.45) is 0 Å². The first-order valence-corrected chi connectivity index (χ1v) is 11.1. The normalized spacial score (nSPS) is 15.0. The molecule has 0 atom stereocenters. The van der Waals surface area contributed by atoms with E-state index in [-0.39, 0.29) is 5.56 Å². The van der Waals surface area contributed by atoms with E-state index in [1.807, 2.05) is 5.38 Å². The lowest BCUT2D eigenvalue weighted by molar-refractivity contribution is 0.248. The molecule has 2 aromatic carbocycles. The van der Waals surface area contributed by atoms with Gasteiger partial charge in [-0.25, -0.2) is 4.98 Å². The summed E-state index contributed by atoms with van der Waals surface area (Å²) in [6, 6.07) is 18.9. The minimum Gasteiger partial charge on any atom is -0.340 e. The lowest BCUT2D eigenvalue weighted by Crippen LogP contribution is -2.46. The van der Waals surface area contributed by atoms with E-state index < -0.39 is 0 Å². The Hall–Kier alpha value is -2.96. The summed E-state index contributed by atoms with van der Waals surface area (Å²) in [5, 5.41) is 2.04. The Morgan fingerprint density at radius 3 is 2.47 bits per heavy atom. The van der Waals surface area contributed by atoms with Crippen LogP contribution in [0, 0.1) is 6.92 Å². The molecular formula is C24H24N4OS. The van der Waals surface area contributed by atoms with Gasteiger partial charge in [-0.15, -0.1) is 11.3 Å². The summed E-state index contributed by atoms with van der Waals surface area (Å²) >= 11 is 1.46. The molecule has 152 valence electrons. The van der Waals surface area contributed by atoms with Crippen LogP contribution in [0.3, 0.4) is 0 Å². The molecule has 0 bridgehead atoms. The van der Waals surface area contributed by atoms with Gasteiger partial charge in [0.15, 0.2) is 0 Å². The second-order valence-electron chi connectivity index (χ2n) is 7.83. The molecule has 1 saturated heterocycles. The third-order valence-corrected chi connectivity index (χ3v) is 6.67. The zero-order valence-electron chi connectivity index (χ0n) is 17.0. The van der Waals surface area contributed by atoms with Gasteiger partial charge in [0.25, 0.3) is 5.56 Å². The third kappa shape index (κ3) is 3.76. The zero-order valence-corrected chi connectivity index (χ0v) is 17.8. The fraction of sp³-hybridized carbons (Fsp3) is 0.250. The fourth-order valence-corrected chi connectivity index (χ4v) is 4.87. The molecule has 1 aliphatic heterocycles. The van der Waals surface area contributed by atoms with Crippen LogP contribution in [-0.2, 0) is 6.54 Å². The Bertz CT molecular complexity index is 1210. The van der Waals surface area contributed by atoms with Gasteiger partial charge < -0.3 is 4.90 Å². The Morgan fingerprint density at radius 1 is 1.00 bits per heavy atom. The van der Waals surface area contributed by atoms with Gasteiger partial charge in [0, 0.05) is 43.7 Å². The van der Waals surface area contributed by atoms with Crippen LogP contribution < -0.4 is 10.5 Å². The minimum atomic E-state index is -0.0509. The Kier molecular flexibility index (Phi) is 5.11. The zero-order chi connectivity index (χ0) is 20.5. The number of benzene rings is 2.